The number of anilines is 2. The number of ketones is 2. The number of allylic oxidation sites excluding steroid dienone is 1. The van der Waals surface area contributed by atoms with E-state index in [0.29, 0.717) is 18.7 Å². The fourth-order valence-electron chi connectivity index (χ4n) is 9.37. The van der Waals surface area contributed by atoms with Crippen molar-refractivity contribution in [1.82, 2.24) is 44.6 Å². The van der Waals surface area contributed by atoms with Crippen molar-refractivity contribution in [2.45, 2.75) is 61.6 Å². The lowest BCUT2D eigenvalue weighted by atomic mass is 9.90. The minimum atomic E-state index is -0.111. The molecule has 0 amide bonds. The van der Waals surface area contributed by atoms with Gasteiger partial charge in [-0.15, -0.1) is 0 Å². The van der Waals surface area contributed by atoms with E-state index in [-0.39, 0.29) is 53.4 Å². The zero-order chi connectivity index (χ0) is 46.4. The average Bonchev–Trinajstić information content (AvgIpc) is 4.00. The SMILES string of the molecule is C.C.C.C.CC(=O)/C=C/c1nc2c(N3CCN(C)CC3)cccc2[nH]1.CN1CCN(c2cccc3[nH]c(C4CC(=O)CC(c5nccc6ccccc56)N4C)nc23)CC1.COc1nccc2ccccc12. The van der Waals surface area contributed by atoms with Gasteiger partial charge in [0.05, 0.1) is 47.3 Å². The fraction of sp³-hybridized carbons (Fsp3) is 0.368. The number of rotatable bonds is 7. The first-order valence-electron chi connectivity index (χ1n) is 23.1. The van der Waals surface area contributed by atoms with Crippen LogP contribution in [0.25, 0.3) is 49.7 Å². The molecule has 376 valence electrons. The Labute approximate surface area is 420 Å². The van der Waals surface area contributed by atoms with Gasteiger partial charge < -0.3 is 34.3 Å². The number of benzene rings is 4. The Morgan fingerprint density at radius 1 is 0.620 bits per heavy atom. The number of piperidine rings is 1. The minimum absolute atomic E-state index is 0. The number of imidazole rings is 2. The summed E-state index contributed by atoms with van der Waals surface area (Å²) in [4.78, 5) is 61.1. The Morgan fingerprint density at radius 2 is 1.14 bits per heavy atom. The third-order valence-electron chi connectivity index (χ3n) is 13.2. The predicted octanol–water partition coefficient (Wildman–Crippen LogP) is 10.6. The van der Waals surface area contributed by atoms with Crippen molar-refractivity contribution in [2.75, 3.05) is 90.4 Å². The van der Waals surface area contributed by atoms with Crippen LogP contribution in [0.3, 0.4) is 0 Å². The second kappa shape index (κ2) is 24.7. The molecule has 0 aliphatic carbocycles. The normalized spacial score (nSPS) is 17.6. The predicted molar refractivity (Wildman–Crippen MR) is 296 cm³/mol. The van der Waals surface area contributed by atoms with E-state index >= 15 is 0 Å². The van der Waals surface area contributed by atoms with Crippen molar-refractivity contribution >= 4 is 72.6 Å². The van der Waals surface area contributed by atoms with Gasteiger partial charge in [0.25, 0.3) is 0 Å². The molecule has 3 aliphatic heterocycles. The molecule has 3 saturated heterocycles. The Morgan fingerprint density at radius 3 is 1.73 bits per heavy atom. The van der Waals surface area contributed by atoms with Gasteiger partial charge in [-0.1, -0.05) is 84.3 Å². The first kappa shape index (κ1) is 54.9. The molecule has 0 saturated carbocycles. The van der Waals surface area contributed by atoms with Crippen molar-refractivity contribution in [2.24, 2.45) is 0 Å². The largest absolute Gasteiger partial charge is 0.481 e. The molecular formula is C57H75N11O3. The minimum Gasteiger partial charge on any atom is -0.481 e. The summed E-state index contributed by atoms with van der Waals surface area (Å²) in [6, 6.07) is 32.6. The molecule has 4 aromatic heterocycles. The fourth-order valence-corrected chi connectivity index (χ4v) is 9.37. The van der Waals surface area contributed by atoms with Crippen molar-refractivity contribution in [1.29, 1.82) is 0 Å². The number of carbonyl (C=O) groups is 2. The van der Waals surface area contributed by atoms with Crippen LogP contribution in [-0.2, 0) is 9.59 Å². The zero-order valence-electron chi connectivity index (χ0n) is 39.0. The van der Waals surface area contributed by atoms with E-state index in [9.17, 15) is 9.59 Å². The molecule has 3 fully saturated rings. The summed E-state index contributed by atoms with van der Waals surface area (Å²) in [6.07, 6.45) is 7.80. The lowest BCUT2D eigenvalue weighted by Crippen LogP contribution is -2.44. The molecule has 0 radical (unpaired) electrons. The molecular weight excluding hydrogens is 887 g/mol. The first-order chi connectivity index (χ1) is 32.6. The number of fused-ring (bicyclic) bond motifs is 4. The molecule has 11 rings (SSSR count). The van der Waals surface area contributed by atoms with E-state index in [1.54, 1.807) is 19.4 Å². The molecule has 14 heteroatoms. The number of likely N-dealkylation sites (N-methyl/N-ethyl adjacent to an activating group) is 2. The number of aromatic nitrogens is 6. The Kier molecular flexibility index (Phi) is 19.1. The highest BCUT2D eigenvalue weighted by atomic mass is 16.5. The molecule has 2 unspecified atom stereocenters. The van der Waals surface area contributed by atoms with Crippen LogP contribution in [0, 0.1) is 0 Å². The number of aromatic amines is 2. The first-order valence-corrected chi connectivity index (χ1v) is 23.1. The number of carbonyl (C=O) groups excluding carboxylic acids is 2. The van der Waals surface area contributed by atoms with Crippen LogP contribution < -0.4 is 14.5 Å². The Balaban J connectivity index is 0.000000217. The number of H-pyrrole nitrogens is 2. The third-order valence-corrected chi connectivity index (χ3v) is 13.2. The van der Waals surface area contributed by atoms with E-state index in [4.69, 9.17) is 14.7 Å². The summed E-state index contributed by atoms with van der Waals surface area (Å²) < 4.78 is 5.12. The monoisotopic (exact) mass is 962 g/mol. The number of likely N-dealkylation sites (tertiary alicyclic amines) is 1. The van der Waals surface area contributed by atoms with E-state index in [1.807, 2.05) is 66.9 Å². The summed E-state index contributed by atoms with van der Waals surface area (Å²) >= 11 is 0. The van der Waals surface area contributed by atoms with E-state index in [0.717, 1.165) is 113 Å². The summed E-state index contributed by atoms with van der Waals surface area (Å²) in [5.74, 6) is 2.55. The number of hydrogen-bond donors (Lipinski definition) is 2. The maximum absolute atomic E-state index is 13.0. The molecule has 4 aromatic carbocycles. The topological polar surface area (TPSA) is 143 Å². The van der Waals surface area contributed by atoms with Crippen LogP contribution >= 0.6 is 0 Å². The van der Waals surface area contributed by atoms with Crippen molar-refractivity contribution in [3.05, 3.63) is 133 Å². The van der Waals surface area contributed by atoms with Gasteiger partial charge >= 0.3 is 0 Å². The standard InChI is InChI=1S/C27H30N6O.C16H20N4O.C10H9NO.4CH4/c1-31-12-14-33(15-13-31)22-9-5-8-21-26(22)30-27(29-21)24-17-19(34)16-23(32(24)2)25-20-7-4-3-6-18(20)10-11-28-25;1-12(21)6-7-15-17-13-4-3-5-14(16(13)18-15)20-10-8-19(2)9-11-20;1-12-10-9-5-3-2-4-8(9)6-7-11-10;;;;/h3-11,23-24H,12-17H2,1-2H3,(H,29,30);3-7H,8-11H2,1-2H3,(H,17,18);2-7H,1H3;4*1H4/b;7-6+;;;;;. The summed E-state index contributed by atoms with van der Waals surface area (Å²) in [7, 11) is 8.05. The Hall–Kier alpha value is -7.00. The van der Waals surface area contributed by atoms with E-state index < -0.39 is 0 Å². The molecule has 0 spiro atoms. The summed E-state index contributed by atoms with van der Waals surface area (Å²) in [5.41, 5.74) is 7.31. The molecule has 8 aromatic rings. The molecule has 7 heterocycles. The van der Waals surface area contributed by atoms with Crippen LogP contribution in [-0.4, -0.2) is 137 Å². The number of para-hydroxylation sites is 2. The van der Waals surface area contributed by atoms with E-state index in [1.165, 1.54) is 24.4 Å². The zero-order valence-corrected chi connectivity index (χ0v) is 39.0. The molecule has 2 N–H and O–H groups in total. The maximum Gasteiger partial charge on any atom is 0.221 e. The molecule has 71 heavy (non-hydrogen) atoms. The van der Waals surface area contributed by atoms with Gasteiger partial charge in [-0.05, 0) is 93.5 Å². The van der Waals surface area contributed by atoms with Crippen LogP contribution in [0.4, 0.5) is 11.4 Å². The van der Waals surface area contributed by atoms with Gasteiger partial charge in [0, 0.05) is 88.4 Å². The highest BCUT2D eigenvalue weighted by molar-refractivity contribution is 5.94. The van der Waals surface area contributed by atoms with Crippen molar-refractivity contribution in [3.8, 4) is 5.88 Å². The molecule has 2 atom stereocenters. The molecule has 14 nitrogen and oxygen atoms in total. The Bertz CT molecular complexity index is 3030. The summed E-state index contributed by atoms with van der Waals surface area (Å²) in [5, 5.41) is 4.47. The van der Waals surface area contributed by atoms with E-state index in [2.05, 4.69) is 102 Å². The molecule has 0 bridgehead atoms. The van der Waals surface area contributed by atoms with Gasteiger partial charge in [-0.3, -0.25) is 19.5 Å². The quantitative estimate of drug-likeness (QED) is 0.147. The highest BCUT2D eigenvalue weighted by Gasteiger charge is 2.37. The van der Waals surface area contributed by atoms with Crippen LogP contribution in [0.1, 0.15) is 78.9 Å². The van der Waals surface area contributed by atoms with Crippen molar-refractivity contribution in [3.63, 3.8) is 0 Å². The molecule has 3 aliphatic rings. The lowest BCUT2D eigenvalue weighted by molar-refractivity contribution is -0.125. The second-order valence-electron chi connectivity index (χ2n) is 17.7. The highest BCUT2D eigenvalue weighted by Crippen LogP contribution is 2.40. The van der Waals surface area contributed by atoms with Gasteiger partial charge in [-0.25, -0.2) is 15.0 Å². The number of nitrogens with one attached hydrogen (secondary N) is 2. The smallest absolute Gasteiger partial charge is 0.221 e. The number of piperazine rings is 2. The lowest BCUT2D eigenvalue weighted by Gasteiger charge is -2.37. The number of nitrogens with zero attached hydrogens (tertiary/aromatic N) is 9. The third kappa shape index (κ3) is 12.3. The summed E-state index contributed by atoms with van der Waals surface area (Å²) in [6.45, 7) is 9.79. The van der Waals surface area contributed by atoms with Crippen LogP contribution in [0.2, 0.25) is 0 Å². The van der Waals surface area contributed by atoms with Crippen LogP contribution in [0.5, 0.6) is 5.88 Å². The number of hydrogen-bond acceptors (Lipinski definition) is 12. The van der Waals surface area contributed by atoms with Crippen molar-refractivity contribution < 1.29 is 14.3 Å². The van der Waals surface area contributed by atoms with Gasteiger partial charge in [0.15, 0.2) is 5.78 Å². The second-order valence-corrected chi connectivity index (χ2v) is 17.7. The van der Waals surface area contributed by atoms with Gasteiger partial charge in [-0.2, -0.15) is 0 Å². The number of methoxy groups -OCH3 is 1. The van der Waals surface area contributed by atoms with Gasteiger partial charge in [0.2, 0.25) is 5.88 Å². The average molecular weight is 962 g/mol. The number of ether oxygens (including phenoxy) is 1. The number of Topliss-reactive ketones (excluding diaryl/α,β-unsaturated/α-hetero) is 1. The van der Waals surface area contributed by atoms with Crippen LogP contribution in [0.15, 0.2) is 116 Å². The van der Waals surface area contributed by atoms with Gasteiger partial charge in [0.1, 0.15) is 28.5 Å². The maximum atomic E-state index is 13.0. The number of pyridine rings is 2.